The maximum atomic E-state index is 16.5. The van der Waals surface area contributed by atoms with Crippen LogP contribution in [-0.4, -0.2) is 35.1 Å². The summed E-state index contributed by atoms with van der Waals surface area (Å²) in [6.07, 6.45) is -0.112. The third-order valence-electron chi connectivity index (χ3n) is 5.51. The number of carbonyl (C=O) groups excluding carboxylic acids is 2. The number of ether oxygens (including phenoxy) is 2. The van der Waals surface area contributed by atoms with Crippen LogP contribution in [0.5, 0.6) is 11.5 Å². The number of nitrogens with zero attached hydrogens (tertiary/aromatic N) is 1. The average Bonchev–Trinajstić information content (AvgIpc) is 2.84. The Morgan fingerprint density at radius 1 is 1.00 bits per heavy atom. The lowest BCUT2D eigenvalue weighted by atomic mass is 9.84. The molecular formula is C26H26FNO5. The van der Waals surface area contributed by atoms with E-state index in [2.05, 4.69) is 4.98 Å². The number of halogens is 1. The van der Waals surface area contributed by atoms with Crippen LogP contribution in [-0.2, 0) is 15.2 Å². The van der Waals surface area contributed by atoms with E-state index in [0.717, 1.165) is 0 Å². The molecule has 3 aromatic rings. The number of methoxy groups -OCH3 is 1. The quantitative estimate of drug-likeness (QED) is 0.370. The SMILES string of the molecule is COc1ccnc(C(=O)C[C@@H](C)C(=O)O[C@@H](C)C(F)(c2ccccc2)c2ccccc2)c1O. The number of alkyl halides is 1. The van der Waals surface area contributed by atoms with Crippen molar-refractivity contribution in [2.24, 2.45) is 5.92 Å². The predicted molar refractivity (Wildman–Crippen MR) is 121 cm³/mol. The molecule has 0 bridgehead atoms. The van der Waals surface area contributed by atoms with Crippen molar-refractivity contribution in [2.75, 3.05) is 7.11 Å². The molecule has 0 radical (unpaired) electrons. The highest BCUT2D eigenvalue weighted by atomic mass is 19.1. The molecule has 1 N–H and O–H groups in total. The van der Waals surface area contributed by atoms with E-state index in [1.807, 2.05) is 0 Å². The van der Waals surface area contributed by atoms with E-state index < -0.39 is 35.2 Å². The molecule has 0 saturated heterocycles. The number of benzene rings is 2. The monoisotopic (exact) mass is 451 g/mol. The molecule has 172 valence electrons. The van der Waals surface area contributed by atoms with E-state index in [1.165, 1.54) is 33.2 Å². The molecule has 0 saturated carbocycles. The molecule has 0 spiro atoms. The van der Waals surface area contributed by atoms with Crippen molar-refractivity contribution >= 4 is 11.8 Å². The van der Waals surface area contributed by atoms with Crippen LogP contribution in [0, 0.1) is 5.92 Å². The van der Waals surface area contributed by atoms with Gasteiger partial charge in [0.15, 0.2) is 28.6 Å². The summed E-state index contributed by atoms with van der Waals surface area (Å²) >= 11 is 0. The summed E-state index contributed by atoms with van der Waals surface area (Å²) < 4.78 is 27.0. The number of pyridine rings is 1. The van der Waals surface area contributed by atoms with Crippen LogP contribution in [0.4, 0.5) is 4.39 Å². The summed E-state index contributed by atoms with van der Waals surface area (Å²) in [5.74, 6) is -2.46. The minimum absolute atomic E-state index is 0.102. The number of Topliss-reactive ketones (excluding diaryl/α,β-unsaturated/α-hetero) is 1. The second-order valence-corrected chi connectivity index (χ2v) is 7.76. The van der Waals surface area contributed by atoms with Crippen LogP contribution in [0.1, 0.15) is 41.9 Å². The Labute approximate surface area is 192 Å². The molecule has 0 aliphatic heterocycles. The second kappa shape index (κ2) is 10.3. The highest BCUT2D eigenvalue weighted by molar-refractivity contribution is 5.99. The van der Waals surface area contributed by atoms with Crippen LogP contribution >= 0.6 is 0 Å². The van der Waals surface area contributed by atoms with E-state index in [9.17, 15) is 14.7 Å². The molecule has 0 aliphatic carbocycles. The van der Waals surface area contributed by atoms with Crippen molar-refractivity contribution < 1.29 is 28.6 Å². The minimum atomic E-state index is -2.09. The Hall–Kier alpha value is -3.74. The topological polar surface area (TPSA) is 85.7 Å². The zero-order valence-electron chi connectivity index (χ0n) is 18.7. The highest BCUT2D eigenvalue weighted by Crippen LogP contribution is 2.39. The minimum Gasteiger partial charge on any atom is -0.503 e. The summed E-state index contributed by atoms with van der Waals surface area (Å²) in [5, 5.41) is 10.1. The van der Waals surface area contributed by atoms with Crippen molar-refractivity contribution in [3.05, 3.63) is 89.7 Å². The summed E-state index contributed by atoms with van der Waals surface area (Å²) in [6, 6.07) is 18.4. The highest BCUT2D eigenvalue weighted by Gasteiger charge is 2.43. The Bertz CT molecular complexity index is 1060. The fraction of sp³-hybridized carbons (Fsp3) is 0.269. The molecular weight excluding hydrogens is 425 g/mol. The average molecular weight is 451 g/mol. The number of aromatic nitrogens is 1. The second-order valence-electron chi connectivity index (χ2n) is 7.76. The number of hydrogen-bond acceptors (Lipinski definition) is 6. The number of esters is 1. The lowest BCUT2D eigenvalue weighted by Crippen LogP contribution is -2.39. The number of carbonyl (C=O) groups is 2. The lowest BCUT2D eigenvalue weighted by Gasteiger charge is -2.32. The van der Waals surface area contributed by atoms with Gasteiger partial charge >= 0.3 is 5.97 Å². The Balaban J connectivity index is 1.78. The van der Waals surface area contributed by atoms with Gasteiger partial charge in [0, 0.05) is 18.7 Å². The van der Waals surface area contributed by atoms with E-state index in [1.54, 1.807) is 60.7 Å². The van der Waals surface area contributed by atoms with Crippen LogP contribution in [0.15, 0.2) is 72.9 Å². The molecule has 0 fully saturated rings. The molecule has 0 aliphatic rings. The standard InChI is InChI=1S/C26H26FNO5/c1-17(16-21(29)23-24(30)22(32-3)14-15-28-23)25(31)33-18(2)26(27,19-10-6-4-7-11-19)20-12-8-5-9-13-20/h4-15,17-18,30H,16H2,1-3H3/t17-,18+/m1/s1. The largest absolute Gasteiger partial charge is 0.503 e. The summed E-state index contributed by atoms with van der Waals surface area (Å²) in [6.45, 7) is 3.00. The first-order valence-electron chi connectivity index (χ1n) is 10.5. The van der Waals surface area contributed by atoms with Gasteiger partial charge in [0.1, 0.15) is 6.10 Å². The van der Waals surface area contributed by atoms with Crippen molar-refractivity contribution in [1.29, 1.82) is 0 Å². The van der Waals surface area contributed by atoms with Gasteiger partial charge in [-0.15, -0.1) is 0 Å². The van der Waals surface area contributed by atoms with E-state index >= 15 is 4.39 Å². The van der Waals surface area contributed by atoms with Crippen molar-refractivity contribution in [1.82, 2.24) is 4.98 Å². The Kier molecular flexibility index (Phi) is 7.43. The van der Waals surface area contributed by atoms with Crippen LogP contribution in [0.2, 0.25) is 0 Å². The third-order valence-corrected chi connectivity index (χ3v) is 5.51. The molecule has 2 aromatic carbocycles. The molecule has 2 atom stereocenters. The fourth-order valence-corrected chi connectivity index (χ4v) is 3.63. The lowest BCUT2D eigenvalue weighted by molar-refractivity contribution is -0.159. The van der Waals surface area contributed by atoms with E-state index in [0.29, 0.717) is 11.1 Å². The van der Waals surface area contributed by atoms with Gasteiger partial charge in [-0.25, -0.2) is 9.37 Å². The smallest absolute Gasteiger partial charge is 0.309 e. The van der Waals surface area contributed by atoms with Crippen LogP contribution in [0.25, 0.3) is 0 Å². The predicted octanol–water partition coefficient (Wildman–Crippen LogP) is 4.85. The van der Waals surface area contributed by atoms with Crippen LogP contribution < -0.4 is 4.74 Å². The van der Waals surface area contributed by atoms with Gasteiger partial charge in [0.05, 0.1) is 13.0 Å². The summed E-state index contributed by atoms with van der Waals surface area (Å²) in [4.78, 5) is 29.3. The molecule has 0 unspecified atom stereocenters. The first-order valence-corrected chi connectivity index (χ1v) is 10.5. The molecule has 3 rings (SSSR count). The van der Waals surface area contributed by atoms with Gasteiger partial charge in [-0.05, 0) is 18.1 Å². The Morgan fingerprint density at radius 2 is 1.55 bits per heavy atom. The van der Waals surface area contributed by atoms with E-state index in [4.69, 9.17) is 9.47 Å². The molecule has 1 aromatic heterocycles. The van der Waals surface area contributed by atoms with E-state index in [-0.39, 0.29) is 17.9 Å². The summed E-state index contributed by atoms with van der Waals surface area (Å²) in [5.41, 5.74) is -1.58. The number of rotatable bonds is 9. The molecule has 6 nitrogen and oxygen atoms in total. The zero-order valence-corrected chi connectivity index (χ0v) is 18.7. The van der Waals surface area contributed by atoms with Crippen LogP contribution in [0.3, 0.4) is 0 Å². The van der Waals surface area contributed by atoms with Crippen molar-refractivity contribution in [2.45, 2.75) is 32.0 Å². The zero-order chi connectivity index (χ0) is 24.0. The third kappa shape index (κ3) is 5.03. The Morgan fingerprint density at radius 3 is 2.06 bits per heavy atom. The molecule has 1 heterocycles. The van der Waals surface area contributed by atoms with Crippen molar-refractivity contribution in [3.63, 3.8) is 0 Å². The van der Waals surface area contributed by atoms with Gasteiger partial charge in [0.2, 0.25) is 0 Å². The van der Waals surface area contributed by atoms with Gasteiger partial charge in [0.25, 0.3) is 0 Å². The molecule has 33 heavy (non-hydrogen) atoms. The van der Waals surface area contributed by atoms with Crippen molar-refractivity contribution in [3.8, 4) is 11.5 Å². The van der Waals surface area contributed by atoms with Gasteiger partial charge in [-0.2, -0.15) is 0 Å². The summed E-state index contributed by atoms with van der Waals surface area (Å²) in [7, 11) is 1.35. The normalized spacial score (nSPS) is 13.1. The maximum Gasteiger partial charge on any atom is 0.309 e. The number of aromatic hydroxyl groups is 1. The molecule has 0 amide bonds. The number of hydrogen-bond donors (Lipinski definition) is 1. The number of ketones is 1. The fourth-order valence-electron chi connectivity index (χ4n) is 3.63. The van der Waals surface area contributed by atoms with Gasteiger partial charge in [-0.3, -0.25) is 9.59 Å². The maximum absolute atomic E-state index is 16.5. The first kappa shape index (κ1) is 23.9. The van der Waals surface area contributed by atoms with Gasteiger partial charge < -0.3 is 14.6 Å². The van der Waals surface area contributed by atoms with Gasteiger partial charge in [-0.1, -0.05) is 67.6 Å². The first-order chi connectivity index (χ1) is 15.8. The molecule has 7 heteroatoms.